The highest BCUT2D eigenvalue weighted by Gasteiger charge is 2.40. The lowest BCUT2D eigenvalue weighted by Gasteiger charge is -2.19. The maximum atomic E-state index is 13.4. The second-order valence-corrected chi connectivity index (χ2v) is 8.13. The second-order valence-electron chi connectivity index (χ2n) is 8.13. The van der Waals surface area contributed by atoms with E-state index >= 15 is 0 Å². The van der Waals surface area contributed by atoms with E-state index in [4.69, 9.17) is 0 Å². The Morgan fingerprint density at radius 2 is 1.67 bits per heavy atom. The maximum absolute atomic E-state index is 13.4. The minimum atomic E-state index is -4.65. The van der Waals surface area contributed by atoms with E-state index in [2.05, 4.69) is 15.3 Å². The number of likely N-dealkylation sites (tertiary alicyclic amines) is 1. The molecule has 1 aromatic carbocycles. The molecule has 1 N–H and O–H groups in total. The number of halogens is 3. The van der Waals surface area contributed by atoms with E-state index in [0.29, 0.717) is 0 Å². The van der Waals surface area contributed by atoms with Gasteiger partial charge in [0, 0.05) is 19.1 Å². The molecule has 1 aliphatic heterocycles. The van der Waals surface area contributed by atoms with Gasteiger partial charge in [-0.15, -0.1) is 0 Å². The predicted octanol–water partition coefficient (Wildman–Crippen LogP) is 4.79. The standard InChI is InChI=1S/C22H29F3N4O/c1-16(2)29-20(22(23,24)25)19(14-27-29)21(30)26-13-17-7-9-18(10-8-17)15-28-11-5-3-4-6-12-28/h7-10,14,16H,3-6,11-13,15H2,1-2H3,(H,26,30). The van der Waals surface area contributed by atoms with E-state index in [-0.39, 0.29) is 6.54 Å². The van der Waals surface area contributed by atoms with Gasteiger partial charge in [-0.1, -0.05) is 37.1 Å². The number of hydrogen-bond donors (Lipinski definition) is 1. The van der Waals surface area contributed by atoms with Crippen LogP contribution in [0.4, 0.5) is 13.2 Å². The van der Waals surface area contributed by atoms with E-state index in [1.807, 2.05) is 24.3 Å². The van der Waals surface area contributed by atoms with Crippen molar-refractivity contribution in [2.45, 2.75) is 64.8 Å². The SMILES string of the molecule is CC(C)n1ncc(C(=O)NCc2ccc(CN3CCCCCC3)cc2)c1C(F)(F)F. The molecule has 0 spiro atoms. The first kappa shape index (κ1) is 22.3. The van der Waals surface area contributed by atoms with Crippen molar-refractivity contribution in [2.24, 2.45) is 0 Å². The average Bonchev–Trinajstić information content (AvgIpc) is 3.01. The Hall–Kier alpha value is -2.35. The van der Waals surface area contributed by atoms with Gasteiger partial charge in [0.25, 0.3) is 5.91 Å². The number of alkyl halides is 3. The third-order valence-electron chi connectivity index (χ3n) is 5.38. The van der Waals surface area contributed by atoms with E-state index in [1.165, 1.54) is 31.2 Å². The molecule has 0 unspecified atom stereocenters. The van der Waals surface area contributed by atoms with E-state index < -0.39 is 29.4 Å². The quantitative estimate of drug-likeness (QED) is 0.728. The number of carbonyl (C=O) groups excluding carboxylic acids is 1. The van der Waals surface area contributed by atoms with Crippen LogP contribution in [0.1, 0.15) is 72.8 Å². The van der Waals surface area contributed by atoms with Gasteiger partial charge in [-0.3, -0.25) is 14.4 Å². The summed E-state index contributed by atoms with van der Waals surface area (Å²) in [6.45, 7) is 6.48. The van der Waals surface area contributed by atoms with Crippen molar-refractivity contribution in [3.05, 3.63) is 52.8 Å². The van der Waals surface area contributed by atoms with Crippen LogP contribution in [0.2, 0.25) is 0 Å². The zero-order chi connectivity index (χ0) is 21.7. The molecule has 164 valence electrons. The summed E-state index contributed by atoms with van der Waals surface area (Å²) in [6, 6.07) is 7.36. The van der Waals surface area contributed by atoms with Crippen molar-refractivity contribution < 1.29 is 18.0 Å². The van der Waals surface area contributed by atoms with Crippen LogP contribution in [0, 0.1) is 0 Å². The molecule has 1 fully saturated rings. The Kier molecular flexibility index (Phi) is 7.18. The number of hydrogen-bond acceptors (Lipinski definition) is 3. The van der Waals surface area contributed by atoms with Crippen LogP contribution in [0.5, 0.6) is 0 Å². The number of benzene rings is 1. The third kappa shape index (κ3) is 5.62. The summed E-state index contributed by atoms with van der Waals surface area (Å²) in [6.07, 6.45) is 1.39. The van der Waals surface area contributed by atoms with Crippen LogP contribution in [0.25, 0.3) is 0 Å². The van der Waals surface area contributed by atoms with Crippen molar-refractivity contribution in [1.29, 1.82) is 0 Å². The van der Waals surface area contributed by atoms with Crippen molar-refractivity contribution in [2.75, 3.05) is 13.1 Å². The van der Waals surface area contributed by atoms with Crippen LogP contribution >= 0.6 is 0 Å². The van der Waals surface area contributed by atoms with Gasteiger partial charge < -0.3 is 5.32 Å². The Morgan fingerprint density at radius 3 is 2.23 bits per heavy atom. The fraction of sp³-hybridized carbons (Fsp3) is 0.545. The normalized spacial score (nSPS) is 15.9. The molecule has 0 saturated carbocycles. The lowest BCUT2D eigenvalue weighted by molar-refractivity contribution is -0.145. The molecule has 30 heavy (non-hydrogen) atoms. The zero-order valence-corrected chi connectivity index (χ0v) is 17.5. The molecule has 8 heteroatoms. The molecule has 1 aliphatic rings. The largest absolute Gasteiger partial charge is 0.433 e. The second kappa shape index (κ2) is 9.64. The Morgan fingerprint density at radius 1 is 1.07 bits per heavy atom. The topological polar surface area (TPSA) is 50.2 Å². The van der Waals surface area contributed by atoms with Crippen LogP contribution < -0.4 is 5.32 Å². The average molecular weight is 422 g/mol. The molecule has 1 aromatic heterocycles. The van der Waals surface area contributed by atoms with Crippen molar-refractivity contribution in [3.8, 4) is 0 Å². The Balaban J connectivity index is 1.61. The fourth-order valence-corrected chi connectivity index (χ4v) is 3.80. The zero-order valence-electron chi connectivity index (χ0n) is 17.5. The number of aromatic nitrogens is 2. The van der Waals surface area contributed by atoms with Crippen LogP contribution in [0.3, 0.4) is 0 Å². The molecular formula is C22H29F3N4O. The highest BCUT2D eigenvalue weighted by atomic mass is 19.4. The molecule has 1 saturated heterocycles. The third-order valence-corrected chi connectivity index (χ3v) is 5.38. The van der Waals surface area contributed by atoms with Crippen LogP contribution in [-0.2, 0) is 19.3 Å². The fourth-order valence-electron chi connectivity index (χ4n) is 3.80. The van der Waals surface area contributed by atoms with Gasteiger partial charge in [0.05, 0.1) is 11.8 Å². The number of amides is 1. The van der Waals surface area contributed by atoms with Crippen molar-refractivity contribution in [1.82, 2.24) is 20.0 Å². The van der Waals surface area contributed by atoms with Gasteiger partial charge in [-0.25, -0.2) is 0 Å². The van der Waals surface area contributed by atoms with Crippen LogP contribution in [-0.4, -0.2) is 33.7 Å². The summed E-state index contributed by atoms with van der Waals surface area (Å²) in [4.78, 5) is 14.9. The number of nitrogens with zero attached hydrogens (tertiary/aromatic N) is 3. The minimum absolute atomic E-state index is 0.160. The van der Waals surface area contributed by atoms with E-state index in [0.717, 1.165) is 36.1 Å². The van der Waals surface area contributed by atoms with E-state index in [1.54, 1.807) is 13.8 Å². The van der Waals surface area contributed by atoms with Gasteiger partial charge >= 0.3 is 6.18 Å². The molecule has 0 radical (unpaired) electrons. The number of nitrogens with one attached hydrogen (secondary N) is 1. The van der Waals surface area contributed by atoms with Gasteiger partial charge in [0.15, 0.2) is 5.69 Å². The summed E-state index contributed by atoms with van der Waals surface area (Å²) in [5.41, 5.74) is 0.578. The lowest BCUT2D eigenvalue weighted by Crippen LogP contribution is -2.27. The monoisotopic (exact) mass is 422 g/mol. The van der Waals surface area contributed by atoms with Gasteiger partial charge in [-0.2, -0.15) is 18.3 Å². The minimum Gasteiger partial charge on any atom is -0.348 e. The Bertz CT molecular complexity index is 835. The molecule has 3 rings (SSSR count). The first-order chi connectivity index (χ1) is 14.3. The summed E-state index contributed by atoms with van der Waals surface area (Å²) in [5, 5.41) is 6.35. The Labute approximate surface area is 175 Å². The molecule has 2 aromatic rings. The first-order valence-electron chi connectivity index (χ1n) is 10.5. The van der Waals surface area contributed by atoms with Gasteiger partial charge in [0.1, 0.15) is 0 Å². The van der Waals surface area contributed by atoms with Crippen molar-refractivity contribution in [3.63, 3.8) is 0 Å². The van der Waals surface area contributed by atoms with Gasteiger partial charge in [-0.05, 0) is 50.9 Å². The van der Waals surface area contributed by atoms with Crippen molar-refractivity contribution >= 4 is 5.91 Å². The summed E-state index contributed by atoms with van der Waals surface area (Å²) >= 11 is 0. The highest BCUT2D eigenvalue weighted by Crippen LogP contribution is 2.33. The lowest BCUT2D eigenvalue weighted by atomic mass is 10.1. The molecule has 1 amide bonds. The first-order valence-corrected chi connectivity index (χ1v) is 10.5. The highest BCUT2D eigenvalue weighted by molar-refractivity contribution is 5.95. The number of carbonyl (C=O) groups is 1. The summed E-state index contributed by atoms with van der Waals surface area (Å²) in [7, 11) is 0. The molecular weight excluding hydrogens is 393 g/mol. The molecule has 0 atom stereocenters. The summed E-state index contributed by atoms with van der Waals surface area (Å²) < 4.78 is 41.2. The molecule has 2 heterocycles. The smallest absolute Gasteiger partial charge is 0.348 e. The predicted molar refractivity (Wildman–Crippen MR) is 109 cm³/mol. The van der Waals surface area contributed by atoms with Crippen LogP contribution in [0.15, 0.2) is 30.5 Å². The van der Waals surface area contributed by atoms with E-state index in [9.17, 15) is 18.0 Å². The molecule has 0 bridgehead atoms. The summed E-state index contributed by atoms with van der Waals surface area (Å²) in [5.74, 6) is -0.775. The molecule has 5 nitrogen and oxygen atoms in total. The molecule has 0 aliphatic carbocycles. The van der Waals surface area contributed by atoms with Gasteiger partial charge in [0.2, 0.25) is 0 Å². The number of rotatable bonds is 6. The maximum Gasteiger partial charge on any atom is 0.433 e.